The third-order valence-electron chi connectivity index (χ3n) is 5.32. The summed E-state index contributed by atoms with van der Waals surface area (Å²) in [6.45, 7) is -0.201. The minimum Gasteiger partial charge on any atom is -0.497 e. The van der Waals surface area contributed by atoms with Crippen molar-refractivity contribution in [3.05, 3.63) is 53.6 Å². The van der Waals surface area contributed by atoms with Crippen molar-refractivity contribution in [2.75, 3.05) is 18.6 Å². The maximum Gasteiger partial charge on any atom is 0.271 e. The van der Waals surface area contributed by atoms with Gasteiger partial charge in [0.05, 0.1) is 19.3 Å². The normalized spacial score (nSPS) is 17.1. The fourth-order valence-electron chi connectivity index (χ4n) is 3.57. The summed E-state index contributed by atoms with van der Waals surface area (Å²) in [5.41, 5.74) is 1.08. The number of hydrogen-bond donors (Lipinski definition) is 1. The molecular formula is C21H21NO5. The van der Waals surface area contributed by atoms with E-state index in [9.17, 15) is 9.59 Å². The minimum absolute atomic E-state index is 0.0781. The number of hydrogen-bond acceptors (Lipinski definition) is 5. The van der Waals surface area contributed by atoms with Crippen LogP contribution in [0.2, 0.25) is 0 Å². The van der Waals surface area contributed by atoms with Crippen LogP contribution < -0.4 is 14.4 Å². The number of fused-ring (bicyclic) bond motifs is 1. The number of carbonyl (C=O) groups is 2. The van der Waals surface area contributed by atoms with Crippen LogP contribution in [0.3, 0.4) is 0 Å². The monoisotopic (exact) mass is 367 g/mol. The van der Waals surface area contributed by atoms with Crippen LogP contribution in [-0.4, -0.2) is 36.1 Å². The molecular weight excluding hydrogens is 346 g/mol. The molecule has 0 saturated heterocycles. The molecule has 2 aromatic carbocycles. The SMILES string of the molecule is COc1ccc(CN2C(=O)C3(CCC3)Oc3ccc(C(=O)CO)cc32)cc1. The topological polar surface area (TPSA) is 76.1 Å². The maximum absolute atomic E-state index is 13.2. The van der Waals surface area contributed by atoms with E-state index in [1.165, 1.54) is 0 Å². The molecule has 0 atom stereocenters. The Morgan fingerprint density at radius 2 is 1.96 bits per heavy atom. The number of ether oxygens (including phenoxy) is 2. The Labute approximate surface area is 157 Å². The Hall–Kier alpha value is -2.86. The van der Waals surface area contributed by atoms with Crippen LogP contribution in [0.15, 0.2) is 42.5 Å². The van der Waals surface area contributed by atoms with Gasteiger partial charge in [-0.1, -0.05) is 12.1 Å². The number of aliphatic hydroxyl groups is 1. The molecule has 2 aliphatic rings. The lowest BCUT2D eigenvalue weighted by molar-refractivity contribution is -0.143. The molecule has 4 rings (SSSR count). The zero-order valence-electron chi connectivity index (χ0n) is 15.1. The number of nitrogens with zero attached hydrogens (tertiary/aromatic N) is 1. The van der Waals surface area contributed by atoms with Crippen molar-refractivity contribution in [2.45, 2.75) is 31.4 Å². The minimum atomic E-state index is -0.790. The van der Waals surface area contributed by atoms with Gasteiger partial charge in [0.2, 0.25) is 0 Å². The quantitative estimate of drug-likeness (QED) is 0.823. The van der Waals surface area contributed by atoms with Crippen molar-refractivity contribution in [2.24, 2.45) is 0 Å². The molecule has 1 N–H and O–H groups in total. The van der Waals surface area contributed by atoms with Gasteiger partial charge >= 0.3 is 0 Å². The van der Waals surface area contributed by atoms with E-state index < -0.39 is 18.0 Å². The van der Waals surface area contributed by atoms with Gasteiger partial charge in [-0.15, -0.1) is 0 Å². The van der Waals surface area contributed by atoms with Gasteiger partial charge in [0.25, 0.3) is 5.91 Å². The Balaban J connectivity index is 1.73. The van der Waals surface area contributed by atoms with Gasteiger partial charge in [-0.05, 0) is 55.2 Å². The first-order valence-electron chi connectivity index (χ1n) is 8.98. The lowest BCUT2D eigenvalue weighted by Crippen LogP contribution is -2.59. The first-order chi connectivity index (χ1) is 13.1. The van der Waals surface area contributed by atoms with E-state index >= 15 is 0 Å². The van der Waals surface area contributed by atoms with Crippen LogP contribution in [0.1, 0.15) is 35.2 Å². The van der Waals surface area contributed by atoms with Gasteiger partial charge in [-0.25, -0.2) is 0 Å². The summed E-state index contributed by atoms with van der Waals surface area (Å²) in [5.74, 6) is 0.875. The number of aliphatic hydroxyl groups excluding tert-OH is 1. The highest BCUT2D eigenvalue weighted by molar-refractivity contribution is 6.05. The molecule has 1 aliphatic heterocycles. The molecule has 1 fully saturated rings. The lowest BCUT2D eigenvalue weighted by Gasteiger charge is -2.47. The first kappa shape index (κ1) is 17.5. The molecule has 1 amide bonds. The van der Waals surface area contributed by atoms with E-state index in [0.29, 0.717) is 36.4 Å². The highest BCUT2D eigenvalue weighted by atomic mass is 16.5. The molecule has 6 heteroatoms. The van der Waals surface area contributed by atoms with E-state index in [0.717, 1.165) is 17.7 Å². The van der Waals surface area contributed by atoms with E-state index in [4.69, 9.17) is 14.6 Å². The predicted octanol–water partition coefficient (Wildman–Crippen LogP) is 2.72. The molecule has 1 heterocycles. The number of Topliss-reactive ketones (excluding diaryl/α,β-unsaturated/α-hetero) is 1. The molecule has 0 radical (unpaired) electrons. The molecule has 140 valence electrons. The summed E-state index contributed by atoms with van der Waals surface area (Å²) in [4.78, 5) is 26.8. The van der Waals surface area contributed by atoms with Crippen molar-refractivity contribution in [3.8, 4) is 11.5 Å². The van der Waals surface area contributed by atoms with Gasteiger partial charge in [0, 0.05) is 5.56 Å². The smallest absolute Gasteiger partial charge is 0.271 e. The van der Waals surface area contributed by atoms with Gasteiger partial charge in [0.1, 0.15) is 18.1 Å². The van der Waals surface area contributed by atoms with Crippen molar-refractivity contribution in [1.29, 1.82) is 0 Å². The fourth-order valence-corrected chi connectivity index (χ4v) is 3.57. The second-order valence-corrected chi connectivity index (χ2v) is 6.95. The van der Waals surface area contributed by atoms with Crippen molar-refractivity contribution < 1.29 is 24.2 Å². The third kappa shape index (κ3) is 2.96. The third-order valence-corrected chi connectivity index (χ3v) is 5.32. The Morgan fingerprint density at radius 1 is 1.22 bits per heavy atom. The summed E-state index contributed by atoms with van der Waals surface area (Å²) in [7, 11) is 1.61. The molecule has 0 bridgehead atoms. The number of carbonyl (C=O) groups excluding carboxylic acids is 2. The summed E-state index contributed by atoms with van der Waals surface area (Å²) in [6.07, 6.45) is 2.35. The average Bonchev–Trinajstić information content (AvgIpc) is 2.68. The highest BCUT2D eigenvalue weighted by Gasteiger charge is 2.52. The van der Waals surface area contributed by atoms with Gasteiger partial charge in [0.15, 0.2) is 11.4 Å². The second kappa shape index (κ2) is 6.70. The van der Waals surface area contributed by atoms with E-state index in [-0.39, 0.29) is 5.91 Å². The number of anilines is 1. The number of benzene rings is 2. The predicted molar refractivity (Wildman–Crippen MR) is 99.3 cm³/mol. The zero-order valence-corrected chi connectivity index (χ0v) is 15.1. The number of methoxy groups -OCH3 is 1. The molecule has 6 nitrogen and oxygen atoms in total. The summed E-state index contributed by atoms with van der Waals surface area (Å²) in [5, 5.41) is 9.15. The standard InChI is InChI=1S/C21H21NO5/c1-26-16-6-3-14(4-7-16)12-22-17-11-15(18(24)13-23)5-8-19(17)27-21(20(22)25)9-2-10-21/h3-8,11,23H,2,9-10,12-13H2,1H3. The van der Waals surface area contributed by atoms with Crippen LogP contribution in [0.25, 0.3) is 0 Å². The molecule has 0 unspecified atom stereocenters. The van der Waals surface area contributed by atoms with Crippen LogP contribution in [0, 0.1) is 0 Å². The number of ketones is 1. The van der Waals surface area contributed by atoms with Crippen LogP contribution in [0.4, 0.5) is 5.69 Å². The van der Waals surface area contributed by atoms with E-state index in [1.807, 2.05) is 24.3 Å². The van der Waals surface area contributed by atoms with Gasteiger partial charge < -0.3 is 19.5 Å². The molecule has 27 heavy (non-hydrogen) atoms. The van der Waals surface area contributed by atoms with Gasteiger partial charge in [-0.2, -0.15) is 0 Å². The largest absolute Gasteiger partial charge is 0.497 e. The molecule has 2 aromatic rings. The number of rotatable bonds is 5. The van der Waals surface area contributed by atoms with Crippen LogP contribution >= 0.6 is 0 Å². The van der Waals surface area contributed by atoms with Crippen LogP contribution in [-0.2, 0) is 11.3 Å². The molecule has 0 aromatic heterocycles. The average molecular weight is 367 g/mol. The second-order valence-electron chi connectivity index (χ2n) is 6.95. The summed E-state index contributed by atoms with van der Waals surface area (Å²) >= 11 is 0. The van der Waals surface area contributed by atoms with Crippen molar-refractivity contribution >= 4 is 17.4 Å². The first-order valence-corrected chi connectivity index (χ1v) is 8.98. The number of amides is 1. The molecule has 1 saturated carbocycles. The van der Waals surface area contributed by atoms with Crippen molar-refractivity contribution in [3.63, 3.8) is 0 Å². The van der Waals surface area contributed by atoms with Crippen molar-refractivity contribution in [1.82, 2.24) is 0 Å². The van der Waals surface area contributed by atoms with E-state index in [2.05, 4.69) is 0 Å². The Morgan fingerprint density at radius 3 is 2.56 bits per heavy atom. The van der Waals surface area contributed by atoms with Gasteiger partial charge in [-0.3, -0.25) is 9.59 Å². The maximum atomic E-state index is 13.2. The Bertz CT molecular complexity index is 886. The molecule has 1 spiro atoms. The summed E-state index contributed by atoms with van der Waals surface area (Å²) < 4.78 is 11.2. The fraction of sp³-hybridized carbons (Fsp3) is 0.333. The Kier molecular flexibility index (Phi) is 4.36. The van der Waals surface area contributed by atoms with Crippen LogP contribution in [0.5, 0.6) is 11.5 Å². The zero-order chi connectivity index (χ0) is 19.0. The summed E-state index contributed by atoms with van der Waals surface area (Å²) in [6, 6.07) is 12.5. The lowest BCUT2D eigenvalue weighted by atomic mass is 9.77. The molecule has 1 aliphatic carbocycles. The highest BCUT2D eigenvalue weighted by Crippen LogP contribution is 2.47. The van der Waals surface area contributed by atoms with E-state index in [1.54, 1.807) is 30.2 Å².